The number of aryl methyl sites for hydroxylation is 1. The number of ether oxygens (including phenoxy) is 1. The van der Waals surface area contributed by atoms with E-state index in [1.165, 1.54) is 4.80 Å². The summed E-state index contributed by atoms with van der Waals surface area (Å²) in [4.78, 5) is 1.45. The van der Waals surface area contributed by atoms with Gasteiger partial charge in [0.1, 0.15) is 28.2 Å². The molecule has 5 heteroatoms. The lowest BCUT2D eigenvalue weighted by Crippen LogP contribution is -2.05. The summed E-state index contributed by atoms with van der Waals surface area (Å²) in [7, 11) is 0. The van der Waals surface area contributed by atoms with Crippen molar-refractivity contribution in [2.45, 2.75) is 20.8 Å². The van der Waals surface area contributed by atoms with Crippen LogP contribution in [0, 0.1) is 12.8 Å². The predicted molar refractivity (Wildman–Crippen MR) is 85.6 cm³/mol. The molecule has 0 saturated heterocycles. The fraction of sp³-hybridized carbons (Fsp3) is 0.294. The van der Waals surface area contributed by atoms with Crippen LogP contribution in [-0.2, 0) is 0 Å². The molecule has 0 fully saturated rings. The van der Waals surface area contributed by atoms with Gasteiger partial charge >= 0.3 is 0 Å². The molecule has 0 aliphatic heterocycles. The third-order valence-corrected chi connectivity index (χ3v) is 3.28. The van der Waals surface area contributed by atoms with Crippen molar-refractivity contribution < 1.29 is 9.84 Å². The van der Waals surface area contributed by atoms with E-state index in [-0.39, 0.29) is 5.75 Å². The topological polar surface area (TPSA) is 60.2 Å². The van der Waals surface area contributed by atoms with Crippen molar-refractivity contribution in [1.29, 1.82) is 0 Å². The lowest BCUT2D eigenvalue weighted by molar-refractivity contribution is 0.270. The summed E-state index contributed by atoms with van der Waals surface area (Å²) in [5.74, 6) is 1.17. The number of hydrogen-bond donors (Lipinski definition) is 1. The van der Waals surface area contributed by atoms with Crippen LogP contribution in [0.2, 0.25) is 0 Å². The number of aromatic hydroxyl groups is 1. The largest absolute Gasteiger partial charge is 0.505 e. The number of hydrogen-bond acceptors (Lipinski definition) is 4. The zero-order valence-electron chi connectivity index (χ0n) is 12.9. The molecule has 0 amide bonds. The summed E-state index contributed by atoms with van der Waals surface area (Å²) in [6, 6.07) is 11.1. The van der Waals surface area contributed by atoms with Gasteiger partial charge in [-0.3, -0.25) is 0 Å². The standard InChI is InChI=1S/C17H19N3O2/c1-11(2)10-22-13-5-7-16(17(21)9-13)20-18-14-6-4-12(3)8-15(14)19-20/h4-9,11,21H,10H2,1-3H3. The van der Waals surface area contributed by atoms with Gasteiger partial charge in [0, 0.05) is 6.07 Å². The highest BCUT2D eigenvalue weighted by Gasteiger charge is 2.10. The molecule has 114 valence electrons. The molecule has 0 aliphatic rings. The first kappa shape index (κ1) is 14.4. The van der Waals surface area contributed by atoms with Gasteiger partial charge in [0.25, 0.3) is 0 Å². The van der Waals surface area contributed by atoms with Crippen molar-refractivity contribution in [2.75, 3.05) is 6.61 Å². The third-order valence-electron chi connectivity index (χ3n) is 3.28. The van der Waals surface area contributed by atoms with Crippen LogP contribution in [0.4, 0.5) is 0 Å². The summed E-state index contributed by atoms with van der Waals surface area (Å²) in [6.07, 6.45) is 0. The van der Waals surface area contributed by atoms with E-state index >= 15 is 0 Å². The summed E-state index contributed by atoms with van der Waals surface area (Å²) in [5.41, 5.74) is 3.26. The molecule has 0 bridgehead atoms. The number of benzene rings is 2. The lowest BCUT2D eigenvalue weighted by atomic mass is 10.2. The van der Waals surface area contributed by atoms with Crippen molar-refractivity contribution in [3.8, 4) is 17.2 Å². The van der Waals surface area contributed by atoms with Gasteiger partial charge < -0.3 is 9.84 Å². The molecule has 3 aromatic rings. The second-order valence-electron chi connectivity index (χ2n) is 5.84. The monoisotopic (exact) mass is 297 g/mol. The average molecular weight is 297 g/mol. The summed E-state index contributed by atoms with van der Waals surface area (Å²) >= 11 is 0. The fourth-order valence-electron chi connectivity index (χ4n) is 2.16. The van der Waals surface area contributed by atoms with Crippen LogP contribution in [-0.4, -0.2) is 26.7 Å². The van der Waals surface area contributed by atoms with Gasteiger partial charge in [0.2, 0.25) is 0 Å². The Morgan fingerprint density at radius 2 is 1.86 bits per heavy atom. The van der Waals surface area contributed by atoms with E-state index in [9.17, 15) is 5.11 Å². The number of rotatable bonds is 4. The molecular weight excluding hydrogens is 278 g/mol. The van der Waals surface area contributed by atoms with Gasteiger partial charge in [-0.2, -0.15) is 0 Å². The number of nitrogens with zero attached hydrogens (tertiary/aromatic N) is 3. The average Bonchev–Trinajstić information content (AvgIpc) is 2.87. The normalized spacial score (nSPS) is 11.3. The zero-order chi connectivity index (χ0) is 15.7. The first-order valence-corrected chi connectivity index (χ1v) is 7.33. The van der Waals surface area contributed by atoms with Crippen molar-refractivity contribution in [3.05, 3.63) is 42.0 Å². The van der Waals surface area contributed by atoms with Crippen LogP contribution < -0.4 is 4.74 Å². The number of phenolic OH excluding ortho intramolecular Hbond substituents is 1. The van der Waals surface area contributed by atoms with Crippen molar-refractivity contribution in [1.82, 2.24) is 15.0 Å². The SMILES string of the molecule is Cc1ccc2nn(-c3ccc(OCC(C)C)cc3O)nc2c1. The Labute approximate surface area is 129 Å². The highest BCUT2D eigenvalue weighted by atomic mass is 16.5. The first-order valence-electron chi connectivity index (χ1n) is 7.33. The Hall–Kier alpha value is -2.56. The summed E-state index contributed by atoms with van der Waals surface area (Å²) < 4.78 is 5.60. The molecule has 0 spiro atoms. The van der Waals surface area contributed by atoms with Crippen molar-refractivity contribution >= 4 is 11.0 Å². The quantitative estimate of drug-likeness (QED) is 0.801. The molecular formula is C17H19N3O2. The molecule has 1 N–H and O–H groups in total. The Morgan fingerprint density at radius 1 is 1.09 bits per heavy atom. The molecule has 0 radical (unpaired) electrons. The minimum absolute atomic E-state index is 0.0956. The van der Waals surface area contributed by atoms with E-state index in [1.54, 1.807) is 12.1 Å². The molecule has 3 rings (SSSR count). The van der Waals surface area contributed by atoms with Crippen molar-refractivity contribution in [3.63, 3.8) is 0 Å². The molecule has 0 unspecified atom stereocenters. The minimum atomic E-state index is 0.0956. The molecule has 5 nitrogen and oxygen atoms in total. The molecule has 1 heterocycles. The van der Waals surface area contributed by atoms with Crippen molar-refractivity contribution in [2.24, 2.45) is 5.92 Å². The van der Waals surface area contributed by atoms with Gasteiger partial charge in [0.15, 0.2) is 0 Å². The van der Waals surface area contributed by atoms with E-state index < -0.39 is 0 Å². The molecule has 0 saturated carbocycles. The highest BCUT2D eigenvalue weighted by molar-refractivity contribution is 5.74. The van der Waals surface area contributed by atoms with E-state index in [1.807, 2.05) is 31.2 Å². The second kappa shape index (κ2) is 5.67. The molecule has 22 heavy (non-hydrogen) atoms. The Morgan fingerprint density at radius 3 is 2.59 bits per heavy atom. The number of phenols is 1. The van der Waals surface area contributed by atoms with Gasteiger partial charge in [-0.25, -0.2) is 0 Å². The van der Waals surface area contributed by atoms with Crippen LogP contribution in [0.3, 0.4) is 0 Å². The smallest absolute Gasteiger partial charge is 0.146 e. The van der Waals surface area contributed by atoms with Gasteiger partial charge in [-0.05, 0) is 42.7 Å². The number of fused-ring (bicyclic) bond motifs is 1. The summed E-state index contributed by atoms with van der Waals surface area (Å²) in [5, 5.41) is 19.0. The summed E-state index contributed by atoms with van der Waals surface area (Å²) in [6.45, 7) is 6.78. The van der Waals surface area contributed by atoms with Gasteiger partial charge in [-0.15, -0.1) is 15.0 Å². The van der Waals surface area contributed by atoms with Crippen LogP contribution in [0.1, 0.15) is 19.4 Å². The van der Waals surface area contributed by atoms with E-state index in [4.69, 9.17) is 4.74 Å². The van der Waals surface area contributed by atoms with E-state index in [0.717, 1.165) is 16.6 Å². The third kappa shape index (κ3) is 2.88. The Balaban J connectivity index is 1.92. The molecule has 0 aliphatic carbocycles. The maximum absolute atomic E-state index is 10.2. The first-order chi connectivity index (χ1) is 10.5. The fourth-order valence-corrected chi connectivity index (χ4v) is 2.16. The molecule has 0 atom stereocenters. The predicted octanol–water partition coefficient (Wildman–Crippen LogP) is 3.47. The number of aromatic nitrogens is 3. The van der Waals surface area contributed by atoms with Gasteiger partial charge in [-0.1, -0.05) is 19.9 Å². The van der Waals surface area contributed by atoms with Crippen LogP contribution >= 0.6 is 0 Å². The molecule has 2 aromatic carbocycles. The van der Waals surface area contributed by atoms with E-state index in [0.29, 0.717) is 24.0 Å². The Bertz CT molecular complexity index is 809. The lowest BCUT2D eigenvalue weighted by Gasteiger charge is -2.10. The van der Waals surface area contributed by atoms with Crippen LogP contribution in [0.5, 0.6) is 11.5 Å². The van der Waals surface area contributed by atoms with Gasteiger partial charge in [0.05, 0.1) is 6.61 Å². The minimum Gasteiger partial charge on any atom is -0.505 e. The Kier molecular flexibility index (Phi) is 3.71. The zero-order valence-corrected chi connectivity index (χ0v) is 12.9. The second-order valence-corrected chi connectivity index (χ2v) is 5.84. The maximum Gasteiger partial charge on any atom is 0.146 e. The van der Waals surface area contributed by atoms with Crippen LogP contribution in [0.15, 0.2) is 36.4 Å². The van der Waals surface area contributed by atoms with E-state index in [2.05, 4.69) is 24.0 Å². The maximum atomic E-state index is 10.2. The molecule has 1 aromatic heterocycles. The van der Waals surface area contributed by atoms with Crippen LogP contribution in [0.25, 0.3) is 16.7 Å². The highest BCUT2D eigenvalue weighted by Crippen LogP contribution is 2.27.